The SMILES string of the molecule is CNC(=O)CCn1c(Cc2cc3c(cc2C)OCO3)nc2c(N)nc(F)nc21. The Morgan fingerprint density at radius 1 is 1.29 bits per heavy atom. The quantitative estimate of drug-likeness (QED) is 0.635. The first-order valence-electron chi connectivity index (χ1n) is 8.74. The van der Waals surface area contributed by atoms with Gasteiger partial charge in [-0.1, -0.05) is 0 Å². The molecule has 3 N–H and O–H groups in total. The Labute approximate surface area is 159 Å². The third-order valence-electron chi connectivity index (χ3n) is 4.69. The Balaban J connectivity index is 1.77. The second-order valence-electron chi connectivity index (χ2n) is 6.46. The normalized spacial score (nSPS) is 12.5. The van der Waals surface area contributed by atoms with Crippen molar-refractivity contribution in [3.8, 4) is 11.5 Å². The zero-order chi connectivity index (χ0) is 19.8. The van der Waals surface area contributed by atoms with Crippen molar-refractivity contribution in [3.63, 3.8) is 0 Å². The van der Waals surface area contributed by atoms with Crippen molar-refractivity contribution < 1.29 is 18.7 Å². The molecule has 0 fully saturated rings. The van der Waals surface area contributed by atoms with Crippen LogP contribution in [0.15, 0.2) is 12.1 Å². The van der Waals surface area contributed by atoms with Crippen LogP contribution in [0.1, 0.15) is 23.4 Å². The monoisotopic (exact) mass is 386 g/mol. The van der Waals surface area contributed by atoms with E-state index in [0.717, 1.165) is 11.1 Å². The Bertz CT molecular complexity index is 1080. The number of carbonyl (C=O) groups is 1. The van der Waals surface area contributed by atoms with Crippen molar-refractivity contribution in [1.82, 2.24) is 24.8 Å². The second-order valence-corrected chi connectivity index (χ2v) is 6.46. The number of carbonyl (C=O) groups excluding carboxylic acids is 1. The number of nitrogen functional groups attached to an aromatic ring is 1. The average molecular weight is 386 g/mol. The van der Waals surface area contributed by atoms with Gasteiger partial charge in [-0.05, 0) is 30.2 Å². The van der Waals surface area contributed by atoms with Crippen LogP contribution >= 0.6 is 0 Å². The van der Waals surface area contributed by atoms with Crippen molar-refractivity contribution in [2.75, 3.05) is 19.6 Å². The van der Waals surface area contributed by atoms with Crippen LogP contribution in [0.3, 0.4) is 0 Å². The maximum absolute atomic E-state index is 13.7. The number of fused-ring (bicyclic) bond motifs is 2. The summed E-state index contributed by atoms with van der Waals surface area (Å²) < 4.78 is 26.3. The maximum Gasteiger partial charge on any atom is 0.312 e. The highest BCUT2D eigenvalue weighted by Gasteiger charge is 2.20. The number of hydrogen-bond donors (Lipinski definition) is 2. The molecule has 3 heterocycles. The number of nitrogens with one attached hydrogen (secondary N) is 1. The van der Waals surface area contributed by atoms with Crippen LogP contribution in [0, 0.1) is 13.0 Å². The van der Waals surface area contributed by atoms with Gasteiger partial charge >= 0.3 is 6.08 Å². The minimum atomic E-state index is -0.933. The van der Waals surface area contributed by atoms with Gasteiger partial charge in [-0.25, -0.2) is 4.98 Å². The summed E-state index contributed by atoms with van der Waals surface area (Å²) in [5.74, 6) is 1.79. The van der Waals surface area contributed by atoms with Crippen molar-refractivity contribution in [2.45, 2.75) is 26.3 Å². The fourth-order valence-electron chi connectivity index (χ4n) is 3.19. The first-order chi connectivity index (χ1) is 13.5. The summed E-state index contributed by atoms with van der Waals surface area (Å²) in [5.41, 5.74) is 8.38. The van der Waals surface area contributed by atoms with Crippen molar-refractivity contribution >= 4 is 22.9 Å². The fourth-order valence-corrected chi connectivity index (χ4v) is 3.19. The predicted molar refractivity (Wildman–Crippen MR) is 98.5 cm³/mol. The lowest BCUT2D eigenvalue weighted by molar-refractivity contribution is -0.120. The molecule has 0 unspecified atom stereocenters. The summed E-state index contributed by atoms with van der Waals surface area (Å²) in [4.78, 5) is 23.6. The third kappa shape index (κ3) is 3.17. The van der Waals surface area contributed by atoms with Gasteiger partial charge in [-0.15, -0.1) is 0 Å². The number of halogens is 1. The van der Waals surface area contributed by atoms with Gasteiger partial charge < -0.3 is 25.1 Å². The zero-order valence-corrected chi connectivity index (χ0v) is 15.5. The minimum absolute atomic E-state index is 0.0372. The van der Waals surface area contributed by atoms with E-state index in [1.54, 1.807) is 11.6 Å². The van der Waals surface area contributed by atoms with Crippen LogP contribution in [0.4, 0.5) is 10.2 Å². The summed E-state index contributed by atoms with van der Waals surface area (Å²) in [6, 6.07) is 3.80. The number of aryl methyl sites for hydroxylation is 2. The number of amides is 1. The third-order valence-corrected chi connectivity index (χ3v) is 4.69. The van der Waals surface area contributed by atoms with Crippen LogP contribution in [-0.2, 0) is 17.8 Å². The Morgan fingerprint density at radius 2 is 2.04 bits per heavy atom. The molecule has 9 nitrogen and oxygen atoms in total. The number of ether oxygens (including phenoxy) is 2. The van der Waals surface area contributed by atoms with E-state index in [0.29, 0.717) is 29.3 Å². The van der Waals surface area contributed by atoms with E-state index in [1.165, 1.54) is 0 Å². The van der Waals surface area contributed by atoms with Gasteiger partial charge in [-0.3, -0.25) is 4.79 Å². The van der Waals surface area contributed by atoms with Gasteiger partial charge in [0.15, 0.2) is 28.5 Å². The molecule has 1 aliphatic heterocycles. The Hall–Kier alpha value is -3.43. The van der Waals surface area contributed by atoms with E-state index in [4.69, 9.17) is 15.2 Å². The van der Waals surface area contributed by atoms with Crippen LogP contribution < -0.4 is 20.5 Å². The lowest BCUT2D eigenvalue weighted by Crippen LogP contribution is -2.20. The summed E-state index contributed by atoms with van der Waals surface area (Å²) in [5, 5.41) is 2.57. The number of anilines is 1. The van der Waals surface area contributed by atoms with E-state index in [-0.39, 0.29) is 37.1 Å². The molecule has 146 valence electrons. The molecule has 1 amide bonds. The number of nitrogens with two attached hydrogens (primary N) is 1. The highest BCUT2D eigenvalue weighted by molar-refractivity contribution is 5.82. The summed E-state index contributed by atoms with van der Waals surface area (Å²) >= 11 is 0. The van der Waals surface area contributed by atoms with Gasteiger partial charge in [0.25, 0.3) is 0 Å². The molecule has 1 aliphatic rings. The molecule has 0 atom stereocenters. The van der Waals surface area contributed by atoms with Crippen LogP contribution in [-0.4, -0.2) is 39.3 Å². The predicted octanol–water partition coefficient (Wildman–Crippen LogP) is 1.31. The van der Waals surface area contributed by atoms with Gasteiger partial charge in [0.05, 0.1) is 0 Å². The number of rotatable bonds is 5. The number of benzene rings is 1. The van der Waals surface area contributed by atoms with E-state index in [2.05, 4.69) is 20.3 Å². The maximum atomic E-state index is 13.7. The van der Waals surface area contributed by atoms with Crippen LogP contribution in [0.2, 0.25) is 0 Å². The molecule has 4 rings (SSSR count). The highest BCUT2D eigenvalue weighted by atomic mass is 19.1. The first kappa shape index (κ1) is 18.0. The summed E-state index contributed by atoms with van der Waals surface area (Å²) in [6.07, 6.45) is -0.314. The molecular formula is C18H19FN6O3. The number of imidazole rings is 1. The molecule has 3 aromatic rings. The van der Waals surface area contributed by atoms with E-state index in [1.807, 2.05) is 19.1 Å². The molecular weight excluding hydrogens is 367 g/mol. The fraction of sp³-hybridized carbons (Fsp3) is 0.333. The van der Waals surface area contributed by atoms with Gasteiger partial charge in [0.1, 0.15) is 5.82 Å². The highest BCUT2D eigenvalue weighted by Crippen LogP contribution is 2.35. The molecule has 10 heteroatoms. The molecule has 0 bridgehead atoms. The Morgan fingerprint density at radius 3 is 2.79 bits per heavy atom. The van der Waals surface area contributed by atoms with Gasteiger partial charge in [0.2, 0.25) is 12.7 Å². The molecule has 0 saturated heterocycles. The molecule has 0 radical (unpaired) electrons. The van der Waals surface area contributed by atoms with Crippen molar-refractivity contribution in [3.05, 3.63) is 35.2 Å². The second kappa shape index (κ2) is 6.95. The van der Waals surface area contributed by atoms with E-state index < -0.39 is 6.08 Å². The lowest BCUT2D eigenvalue weighted by atomic mass is 10.0. The van der Waals surface area contributed by atoms with Crippen LogP contribution in [0.25, 0.3) is 11.2 Å². The largest absolute Gasteiger partial charge is 0.454 e. The topological polar surface area (TPSA) is 117 Å². The zero-order valence-electron chi connectivity index (χ0n) is 15.5. The van der Waals surface area contributed by atoms with Crippen molar-refractivity contribution in [1.29, 1.82) is 0 Å². The van der Waals surface area contributed by atoms with Crippen molar-refractivity contribution in [2.24, 2.45) is 0 Å². The van der Waals surface area contributed by atoms with Gasteiger partial charge in [0, 0.05) is 26.4 Å². The molecule has 1 aromatic carbocycles. The summed E-state index contributed by atoms with van der Waals surface area (Å²) in [6.45, 7) is 2.43. The average Bonchev–Trinajstić information content (AvgIpc) is 3.24. The number of nitrogens with zero attached hydrogens (tertiary/aromatic N) is 4. The number of hydrogen-bond acceptors (Lipinski definition) is 7. The smallest absolute Gasteiger partial charge is 0.312 e. The molecule has 0 aliphatic carbocycles. The Kier molecular flexibility index (Phi) is 4.46. The lowest BCUT2D eigenvalue weighted by Gasteiger charge is -2.11. The standard InChI is InChI=1S/C18H19FN6O3/c1-9-5-11-12(28-8-27-11)6-10(9)7-13-22-15-16(20)23-18(19)24-17(15)25(13)4-3-14(26)21-2/h5-6H,3-4,7-8H2,1-2H3,(H,21,26)(H2,20,23,24). The summed E-state index contributed by atoms with van der Waals surface area (Å²) in [7, 11) is 1.56. The molecule has 28 heavy (non-hydrogen) atoms. The first-order valence-corrected chi connectivity index (χ1v) is 8.74. The van der Waals surface area contributed by atoms with E-state index in [9.17, 15) is 9.18 Å². The van der Waals surface area contributed by atoms with Gasteiger partial charge in [-0.2, -0.15) is 14.4 Å². The molecule has 0 spiro atoms. The van der Waals surface area contributed by atoms with Crippen LogP contribution in [0.5, 0.6) is 11.5 Å². The minimum Gasteiger partial charge on any atom is -0.454 e. The molecule has 2 aromatic heterocycles. The number of aromatic nitrogens is 4. The molecule has 0 saturated carbocycles. The van der Waals surface area contributed by atoms with E-state index >= 15 is 0 Å².